The number of hydrogen-bond donors (Lipinski definition) is 1. The average molecular weight is 224 g/mol. The van der Waals surface area contributed by atoms with Crippen molar-refractivity contribution in [2.75, 3.05) is 0 Å². The van der Waals surface area contributed by atoms with Gasteiger partial charge in [-0.1, -0.05) is 13.0 Å². The Hall–Kier alpha value is -2.23. The van der Waals surface area contributed by atoms with Gasteiger partial charge in [-0.25, -0.2) is 15.0 Å². The molecule has 2 aromatic heterocycles. The van der Waals surface area contributed by atoms with Gasteiger partial charge in [0.15, 0.2) is 0 Å². The monoisotopic (exact) mass is 224 g/mol. The third-order valence-corrected chi connectivity index (χ3v) is 2.76. The maximum Gasteiger partial charge on any atom is 0.115 e. The lowest BCUT2D eigenvalue weighted by molar-refractivity contribution is 1.00. The molecule has 2 heterocycles. The minimum atomic E-state index is 0.915. The van der Waals surface area contributed by atoms with E-state index in [2.05, 4.69) is 32.9 Å². The fraction of sp³-hybridized carbons (Fsp3) is 0.154. The van der Waals surface area contributed by atoms with Crippen LogP contribution < -0.4 is 0 Å². The highest BCUT2D eigenvalue weighted by molar-refractivity contribution is 5.81. The molecule has 4 heteroatoms. The number of aryl methyl sites for hydroxylation is 1. The van der Waals surface area contributed by atoms with Crippen molar-refractivity contribution in [1.82, 2.24) is 19.9 Å². The SMILES string of the molecule is CCc1nc2ccc(-c3cncnc3)cc2[nH]1. The molecule has 3 rings (SSSR count). The van der Waals surface area contributed by atoms with Gasteiger partial charge in [-0.15, -0.1) is 0 Å². The van der Waals surface area contributed by atoms with Crippen LogP contribution in [0.2, 0.25) is 0 Å². The van der Waals surface area contributed by atoms with Gasteiger partial charge in [0, 0.05) is 24.4 Å². The number of aromatic nitrogens is 4. The van der Waals surface area contributed by atoms with Crippen LogP contribution in [0.25, 0.3) is 22.2 Å². The molecule has 1 aromatic carbocycles. The Kier molecular flexibility index (Phi) is 2.33. The quantitative estimate of drug-likeness (QED) is 0.727. The van der Waals surface area contributed by atoms with Crippen LogP contribution in [0.4, 0.5) is 0 Å². The lowest BCUT2D eigenvalue weighted by Crippen LogP contribution is -1.82. The summed E-state index contributed by atoms with van der Waals surface area (Å²) in [7, 11) is 0. The van der Waals surface area contributed by atoms with Gasteiger partial charge in [-0.2, -0.15) is 0 Å². The van der Waals surface area contributed by atoms with Crippen molar-refractivity contribution in [2.24, 2.45) is 0 Å². The Morgan fingerprint density at radius 3 is 2.71 bits per heavy atom. The van der Waals surface area contributed by atoms with E-state index in [1.807, 2.05) is 24.5 Å². The molecule has 0 amide bonds. The van der Waals surface area contributed by atoms with Crippen LogP contribution in [0.3, 0.4) is 0 Å². The molecule has 0 atom stereocenters. The van der Waals surface area contributed by atoms with Gasteiger partial charge in [0.1, 0.15) is 12.2 Å². The van der Waals surface area contributed by atoms with Crippen molar-refractivity contribution in [1.29, 1.82) is 0 Å². The van der Waals surface area contributed by atoms with Gasteiger partial charge in [-0.3, -0.25) is 0 Å². The van der Waals surface area contributed by atoms with Gasteiger partial charge in [0.2, 0.25) is 0 Å². The first-order chi connectivity index (χ1) is 8.36. The number of benzene rings is 1. The minimum Gasteiger partial charge on any atom is -0.342 e. The lowest BCUT2D eigenvalue weighted by atomic mass is 10.1. The number of H-pyrrole nitrogens is 1. The average Bonchev–Trinajstić information content (AvgIpc) is 2.81. The van der Waals surface area contributed by atoms with Gasteiger partial charge in [-0.05, 0) is 17.7 Å². The van der Waals surface area contributed by atoms with Crippen molar-refractivity contribution >= 4 is 11.0 Å². The molecule has 0 aliphatic carbocycles. The third-order valence-electron chi connectivity index (χ3n) is 2.76. The van der Waals surface area contributed by atoms with Crippen LogP contribution in [0.5, 0.6) is 0 Å². The van der Waals surface area contributed by atoms with Crippen molar-refractivity contribution in [3.63, 3.8) is 0 Å². The second kappa shape index (κ2) is 3.97. The zero-order valence-corrected chi connectivity index (χ0v) is 9.51. The van der Waals surface area contributed by atoms with Crippen LogP contribution in [-0.4, -0.2) is 19.9 Å². The summed E-state index contributed by atoms with van der Waals surface area (Å²) >= 11 is 0. The van der Waals surface area contributed by atoms with Crippen LogP contribution in [0.15, 0.2) is 36.9 Å². The van der Waals surface area contributed by atoms with Gasteiger partial charge < -0.3 is 4.98 Å². The number of hydrogen-bond acceptors (Lipinski definition) is 3. The standard InChI is InChI=1S/C13H12N4/c1-2-13-16-11-4-3-9(5-12(11)17-13)10-6-14-8-15-7-10/h3-8H,2H2,1H3,(H,16,17). The topological polar surface area (TPSA) is 54.5 Å². The largest absolute Gasteiger partial charge is 0.342 e. The molecule has 1 N–H and O–H groups in total. The van der Waals surface area contributed by atoms with E-state index in [0.717, 1.165) is 34.4 Å². The zero-order chi connectivity index (χ0) is 11.7. The molecule has 0 saturated heterocycles. The molecule has 0 saturated carbocycles. The molecule has 0 unspecified atom stereocenters. The molecule has 0 bridgehead atoms. The van der Waals surface area contributed by atoms with E-state index in [9.17, 15) is 0 Å². The fourth-order valence-corrected chi connectivity index (χ4v) is 1.86. The molecule has 3 aromatic rings. The third kappa shape index (κ3) is 1.78. The zero-order valence-electron chi connectivity index (χ0n) is 9.51. The van der Waals surface area contributed by atoms with E-state index in [1.54, 1.807) is 0 Å². The molecule has 0 fully saturated rings. The van der Waals surface area contributed by atoms with Crippen molar-refractivity contribution in [3.05, 3.63) is 42.7 Å². The number of aromatic amines is 1. The first-order valence-corrected chi connectivity index (χ1v) is 5.61. The van der Waals surface area contributed by atoms with Crippen molar-refractivity contribution in [2.45, 2.75) is 13.3 Å². The molecule has 84 valence electrons. The van der Waals surface area contributed by atoms with E-state index in [4.69, 9.17) is 0 Å². The highest BCUT2D eigenvalue weighted by Gasteiger charge is 2.03. The Morgan fingerprint density at radius 1 is 1.12 bits per heavy atom. The Bertz CT molecular complexity index is 643. The Labute approximate surface area is 98.8 Å². The molecule has 0 aliphatic heterocycles. The smallest absolute Gasteiger partial charge is 0.115 e. The van der Waals surface area contributed by atoms with Gasteiger partial charge >= 0.3 is 0 Å². The first-order valence-electron chi connectivity index (χ1n) is 5.61. The van der Waals surface area contributed by atoms with Crippen LogP contribution in [0, 0.1) is 0 Å². The predicted octanol–water partition coefficient (Wildman–Crippen LogP) is 2.58. The summed E-state index contributed by atoms with van der Waals surface area (Å²) in [5.74, 6) is 1.02. The molecular weight excluding hydrogens is 212 g/mol. The maximum atomic E-state index is 4.48. The number of nitrogens with one attached hydrogen (secondary N) is 1. The first kappa shape index (κ1) is 9.96. The van der Waals surface area contributed by atoms with Gasteiger partial charge in [0.05, 0.1) is 11.0 Å². The normalized spacial score (nSPS) is 10.9. The maximum absolute atomic E-state index is 4.48. The molecule has 4 nitrogen and oxygen atoms in total. The summed E-state index contributed by atoms with van der Waals surface area (Å²) in [6, 6.07) is 6.15. The summed E-state index contributed by atoms with van der Waals surface area (Å²) in [5, 5.41) is 0. The fourth-order valence-electron chi connectivity index (χ4n) is 1.86. The summed E-state index contributed by atoms with van der Waals surface area (Å²) in [5.41, 5.74) is 4.18. The summed E-state index contributed by atoms with van der Waals surface area (Å²) in [6.07, 6.45) is 6.07. The highest BCUT2D eigenvalue weighted by atomic mass is 14.9. The van der Waals surface area contributed by atoms with Crippen molar-refractivity contribution in [3.8, 4) is 11.1 Å². The number of nitrogens with zero attached hydrogens (tertiary/aromatic N) is 3. The van der Waals surface area contributed by atoms with Crippen LogP contribution in [-0.2, 0) is 6.42 Å². The minimum absolute atomic E-state index is 0.915. The van der Waals surface area contributed by atoms with E-state index < -0.39 is 0 Å². The molecular formula is C13H12N4. The number of rotatable bonds is 2. The molecule has 0 spiro atoms. The molecule has 0 radical (unpaired) electrons. The van der Waals surface area contributed by atoms with E-state index >= 15 is 0 Å². The summed E-state index contributed by atoms with van der Waals surface area (Å²) in [6.45, 7) is 2.09. The van der Waals surface area contributed by atoms with E-state index in [1.165, 1.54) is 6.33 Å². The highest BCUT2D eigenvalue weighted by Crippen LogP contribution is 2.22. The van der Waals surface area contributed by atoms with Crippen molar-refractivity contribution < 1.29 is 0 Å². The predicted molar refractivity (Wildman–Crippen MR) is 66.5 cm³/mol. The second-order valence-electron chi connectivity index (χ2n) is 3.90. The van der Waals surface area contributed by atoms with E-state index in [0.29, 0.717) is 0 Å². The second-order valence-corrected chi connectivity index (χ2v) is 3.90. The van der Waals surface area contributed by atoms with Gasteiger partial charge in [0.25, 0.3) is 0 Å². The molecule has 0 aliphatic rings. The van der Waals surface area contributed by atoms with E-state index in [-0.39, 0.29) is 0 Å². The molecule has 17 heavy (non-hydrogen) atoms. The summed E-state index contributed by atoms with van der Waals surface area (Å²) in [4.78, 5) is 15.8. The number of imidazole rings is 1. The Morgan fingerprint density at radius 2 is 1.94 bits per heavy atom. The van der Waals surface area contributed by atoms with Crippen LogP contribution in [0.1, 0.15) is 12.7 Å². The Balaban J connectivity index is 2.13. The number of fused-ring (bicyclic) bond motifs is 1. The van der Waals surface area contributed by atoms with Crippen LogP contribution >= 0.6 is 0 Å². The summed E-state index contributed by atoms with van der Waals surface area (Å²) < 4.78 is 0. The lowest BCUT2D eigenvalue weighted by Gasteiger charge is -1.99.